The molecule has 3 aromatic rings. The highest BCUT2D eigenvalue weighted by Gasteiger charge is 2.31. The molecule has 1 saturated heterocycles. The standard InChI is InChI=1S/C25H37N9O4S2/c26-14-3-1-2-4-15(14)30-12-31-25(20(23(27)28)24(29)36)32-18-9-16(33-40-18)13-11-39-22-17(35)10-19(38-21(13)22)34-5-7-37-8-6-34/h9-11,14-15,20,23,25,30-32H,1-8,12,26-28H2,(H2,29,36)/t14-,15+,20?,25?/m1/s1. The summed E-state index contributed by atoms with van der Waals surface area (Å²) >= 11 is 2.53. The van der Waals surface area contributed by atoms with Gasteiger partial charge in [-0.25, -0.2) is 0 Å². The molecule has 4 atom stereocenters. The topological polar surface area (TPSA) is 213 Å². The number of rotatable bonds is 11. The van der Waals surface area contributed by atoms with Crippen molar-refractivity contribution in [1.29, 1.82) is 0 Å². The summed E-state index contributed by atoms with van der Waals surface area (Å²) in [4.78, 5) is 27.2. The van der Waals surface area contributed by atoms with Crippen LogP contribution in [0, 0.1) is 5.92 Å². The first-order valence-electron chi connectivity index (χ1n) is 13.5. The third-order valence-corrected chi connectivity index (χ3v) is 9.14. The van der Waals surface area contributed by atoms with Crippen LogP contribution in [0.25, 0.3) is 21.5 Å². The van der Waals surface area contributed by atoms with E-state index in [4.69, 9.17) is 32.1 Å². The van der Waals surface area contributed by atoms with Crippen molar-refractivity contribution in [2.45, 2.75) is 50.1 Å². The van der Waals surface area contributed by atoms with E-state index in [9.17, 15) is 9.59 Å². The lowest BCUT2D eigenvalue weighted by molar-refractivity contribution is -0.123. The molecular formula is C25H37N9O4S2. The highest BCUT2D eigenvalue weighted by molar-refractivity contribution is 7.17. The second-order valence-electron chi connectivity index (χ2n) is 10.2. The second kappa shape index (κ2) is 12.9. The number of nitrogens with zero attached hydrogens (tertiary/aromatic N) is 2. The van der Waals surface area contributed by atoms with Crippen molar-refractivity contribution < 1.29 is 13.9 Å². The first-order valence-corrected chi connectivity index (χ1v) is 15.1. The number of carbonyl (C=O) groups is 1. The molecule has 0 bridgehead atoms. The first-order chi connectivity index (χ1) is 19.3. The molecule has 5 rings (SSSR count). The molecule has 1 amide bonds. The van der Waals surface area contributed by atoms with Crippen molar-refractivity contribution in [3.63, 3.8) is 0 Å². The van der Waals surface area contributed by atoms with Crippen molar-refractivity contribution in [3.05, 3.63) is 27.7 Å². The van der Waals surface area contributed by atoms with Gasteiger partial charge in [0.2, 0.25) is 11.3 Å². The summed E-state index contributed by atoms with van der Waals surface area (Å²) in [6.07, 6.45) is 2.58. The van der Waals surface area contributed by atoms with E-state index in [-0.39, 0.29) is 17.5 Å². The van der Waals surface area contributed by atoms with Gasteiger partial charge < -0.3 is 47.6 Å². The molecule has 3 aromatic heterocycles. The zero-order valence-electron chi connectivity index (χ0n) is 22.1. The van der Waals surface area contributed by atoms with E-state index in [0.717, 1.165) is 31.2 Å². The summed E-state index contributed by atoms with van der Waals surface area (Å²) in [5, 5.41) is 12.6. The fourth-order valence-electron chi connectivity index (χ4n) is 5.23. The molecule has 40 heavy (non-hydrogen) atoms. The number of anilines is 2. The van der Waals surface area contributed by atoms with Gasteiger partial charge in [0.05, 0.1) is 42.7 Å². The number of fused-ring (bicyclic) bond motifs is 1. The van der Waals surface area contributed by atoms with E-state index in [0.29, 0.717) is 59.8 Å². The number of nitrogens with two attached hydrogens (primary N) is 4. The van der Waals surface area contributed by atoms with E-state index >= 15 is 0 Å². The summed E-state index contributed by atoms with van der Waals surface area (Å²) in [6.45, 7) is 2.84. The molecule has 0 aromatic carbocycles. The van der Waals surface area contributed by atoms with Crippen LogP contribution in [-0.2, 0) is 9.53 Å². The quantitative estimate of drug-likeness (QED) is 0.150. The van der Waals surface area contributed by atoms with Crippen LogP contribution < -0.4 is 49.2 Å². The molecular weight excluding hydrogens is 554 g/mol. The Morgan fingerprint density at radius 3 is 2.70 bits per heavy atom. The van der Waals surface area contributed by atoms with Crippen LogP contribution in [0.2, 0.25) is 0 Å². The van der Waals surface area contributed by atoms with Gasteiger partial charge in [-0.2, -0.15) is 4.37 Å². The third-order valence-electron chi connectivity index (χ3n) is 7.45. The van der Waals surface area contributed by atoms with E-state index in [1.165, 1.54) is 28.9 Å². The highest BCUT2D eigenvalue weighted by atomic mass is 32.1. The zero-order chi connectivity index (χ0) is 28.2. The van der Waals surface area contributed by atoms with Crippen LogP contribution in [0.4, 0.5) is 10.9 Å². The third kappa shape index (κ3) is 6.47. The molecule has 15 heteroatoms. The van der Waals surface area contributed by atoms with E-state index < -0.39 is 24.2 Å². The summed E-state index contributed by atoms with van der Waals surface area (Å²) in [5.41, 5.74) is 25.6. The fourth-order valence-corrected chi connectivity index (χ4v) is 6.82. The lowest BCUT2D eigenvalue weighted by Gasteiger charge is -2.32. The Kier molecular flexibility index (Phi) is 9.32. The number of morpholine rings is 1. The van der Waals surface area contributed by atoms with Gasteiger partial charge in [-0.05, 0) is 24.4 Å². The number of amides is 1. The van der Waals surface area contributed by atoms with Gasteiger partial charge in [0.15, 0.2) is 11.5 Å². The van der Waals surface area contributed by atoms with Crippen molar-refractivity contribution in [1.82, 2.24) is 15.0 Å². The Bertz CT molecular complexity index is 1350. The van der Waals surface area contributed by atoms with E-state index in [2.05, 4.69) is 20.3 Å². The molecule has 13 nitrogen and oxygen atoms in total. The van der Waals surface area contributed by atoms with Crippen molar-refractivity contribution in [3.8, 4) is 11.3 Å². The van der Waals surface area contributed by atoms with Crippen molar-refractivity contribution >= 4 is 49.9 Å². The van der Waals surface area contributed by atoms with E-state index in [1.54, 1.807) is 0 Å². The monoisotopic (exact) mass is 591 g/mol. The molecule has 1 aliphatic heterocycles. The predicted octanol–water partition coefficient (Wildman–Crippen LogP) is 0.304. The number of nitrogens with one attached hydrogen (secondary N) is 3. The Morgan fingerprint density at radius 2 is 1.98 bits per heavy atom. The molecule has 218 valence electrons. The van der Waals surface area contributed by atoms with Gasteiger partial charge in [-0.15, -0.1) is 11.3 Å². The van der Waals surface area contributed by atoms with Crippen LogP contribution in [0.15, 0.2) is 26.7 Å². The summed E-state index contributed by atoms with van der Waals surface area (Å²) in [5.74, 6) is -1.01. The number of hydrogen-bond acceptors (Lipinski definition) is 14. The minimum absolute atomic E-state index is 0.0824. The van der Waals surface area contributed by atoms with Crippen molar-refractivity contribution in [2.24, 2.45) is 28.9 Å². The largest absolute Gasteiger partial charge is 0.439 e. The Labute approximate surface area is 239 Å². The number of ether oxygens (including phenoxy) is 1. The minimum atomic E-state index is -0.986. The summed E-state index contributed by atoms with van der Waals surface area (Å²) < 4.78 is 16.8. The molecule has 2 unspecified atom stereocenters. The van der Waals surface area contributed by atoms with Crippen LogP contribution in [0.5, 0.6) is 0 Å². The van der Waals surface area contributed by atoms with Gasteiger partial charge in [-0.1, -0.05) is 12.8 Å². The number of thiophene rings is 1. The van der Waals surface area contributed by atoms with Gasteiger partial charge in [-0.3, -0.25) is 14.9 Å². The summed E-state index contributed by atoms with van der Waals surface area (Å²) in [6, 6.07) is 3.64. The molecule has 2 aliphatic rings. The smallest absolute Gasteiger partial charge is 0.226 e. The maximum absolute atomic E-state index is 12.8. The average Bonchev–Trinajstić information content (AvgIpc) is 3.57. The lowest BCUT2D eigenvalue weighted by atomic mass is 9.91. The van der Waals surface area contributed by atoms with Gasteiger partial charge >= 0.3 is 0 Å². The second-order valence-corrected chi connectivity index (χ2v) is 11.9. The predicted molar refractivity (Wildman–Crippen MR) is 158 cm³/mol. The lowest BCUT2D eigenvalue weighted by Crippen LogP contribution is -2.60. The fraction of sp³-hybridized carbons (Fsp3) is 0.560. The maximum Gasteiger partial charge on any atom is 0.226 e. The van der Waals surface area contributed by atoms with Crippen LogP contribution >= 0.6 is 22.9 Å². The minimum Gasteiger partial charge on any atom is -0.439 e. The van der Waals surface area contributed by atoms with E-state index in [1.807, 2.05) is 16.3 Å². The first kappa shape index (κ1) is 28.9. The zero-order valence-corrected chi connectivity index (χ0v) is 23.8. The molecule has 4 heterocycles. The Balaban J connectivity index is 1.35. The SMILES string of the molecule is NC(=O)C(C(N)N)C(NCN[C@H]1CCCC[C@H]1N)Nc1cc(-c2csc3c(=O)cc(N4CCOCC4)oc23)ns1. The Hall–Kier alpha value is -2.63. The Morgan fingerprint density at radius 1 is 1.20 bits per heavy atom. The molecule has 1 aliphatic carbocycles. The maximum atomic E-state index is 12.8. The van der Waals surface area contributed by atoms with Gasteiger partial charge in [0.25, 0.3) is 0 Å². The number of primary amides is 1. The molecule has 0 spiro atoms. The molecule has 1 saturated carbocycles. The highest BCUT2D eigenvalue weighted by Crippen LogP contribution is 2.36. The van der Waals surface area contributed by atoms with Gasteiger partial charge in [0, 0.05) is 49.4 Å². The van der Waals surface area contributed by atoms with Crippen LogP contribution in [0.3, 0.4) is 0 Å². The summed E-state index contributed by atoms with van der Waals surface area (Å²) in [7, 11) is 0. The number of aromatic nitrogens is 1. The van der Waals surface area contributed by atoms with Crippen molar-refractivity contribution in [2.75, 3.05) is 43.2 Å². The normalized spacial score (nSPS) is 21.6. The average molecular weight is 592 g/mol. The van der Waals surface area contributed by atoms with Crippen LogP contribution in [-0.4, -0.2) is 67.7 Å². The number of carbonyl (C=O) groups excluding carboxylic acids is 1. The molecule has 11 N–H and O–H groups in total. The van der Waals surface area contributed by atoms with Gasteiger partial charge in [0.1, 0.15) is 9.70 Å². The number of hydrogen-bond donors (Lipinski definition) is 7. The molecule has 0 radical (unpaired) electrons. The van der Waals surface area contributed by atoms with Crippen LogP contribution in [0.1, 0.15) is 25.7 Å². The molecule has 2 fully saturated rings.